The number of aromatic nitrogens is 1. The number of hydrogen-bond acceptors (Lipinski definition) is 7. The molecule has 1 N–H and O–H groups in total. The van der Waals surface area contributed by atoms with Crippen molar-refractivity contribution in [2.75, 3.05) is 36.0 Å². The summed E-state index contributed by atoms with van der Waals surface area (Å²) in [5.74, 6) is 0.145. The van der Waals surface area contributed by atoms with E-state index in [-0.39, 0.29) is 41.6 Å². The minimum atomic E-state index is -2.98. The highest BCUT2D eigenvalue weighted by molar-refractivity contribution is 7.91. The van der Waals surface area contributed by atoms with Crippen LogP contribution in [0.4, 0.5) is 10.1 Å². The molecule has 2 aliphatic rings. The van der Waals surface area contributed by atoms with Crippen molar-refractivity contribution >= 4 is 21.4 Å². The van der Waals surface area contributed by atoms with Gasteiger partial charge in [-0.05, 0) is 49.2 Å². The summed E-state index contributed by atoms with van der Waals surface area (Å²) < 4.78 is 43.5. The van der Waals surface area contributed by atoms with Gasteiger partial charge in [-0.25, -0.2) is 17.8 Å². The maximum Gasteiger partial charge on any atom is 0.226 e. The van der Waals surface area contributed by atoms with Crippen molar-refractivity contribution in [2.24, 2.45) is 5.92 Å². The number of oxazole rings is 1. The first-order valence-electron chi connectivity index (χ1n) is 12.8. The van der Waals surface area contributed by atoms with Gasteiger partial charge in [-0.3, -0.25) is 4.79 Å². The maximum absolute atomic E-state index is 13.6. The molecule has 8 nitrogen and oxygen atoms in total. The van der Waals surface area contributed by atoms with Crippen molar-refractivity contribution in [3.63, 3.8) is 0 Å². The van der Waals surface area contributed by atoms with Crippen LogP contribution in [0.2, 0.25) is 0 Å². The summed E-state index contributed by atoms with van der Waals surface area (Å²) in [5, 5.41) is 11.6. The summed E-state index contributed by atoms with van der Waals surface area (Å²) in [6.45, 7) is 0.853. The highest BCUT2D eigenvalue weighted by Gasteiger charge is 2.37. The molecule has 1 aromatic heterocycles. The Labute approximate surface area is 221 Å². The van der Waals surface area contributed by atoms with E-state index in [9.17, 15) is 17.6 Å². The third kappa shape index (κ3) is 5.58. The predicted octanol–water partition coefficient (Wildman–Crippen LogP) is 4.30. The lowest BCUT2D eigenvalue weighted by Gasteiger charge is -2.29. The van der Waals surface area contributed by atoms with Crippen LogP contribution in [0.15, 0.2) is 52.9 Å². The number of nitriles is 1. The van der Waals surface area contributed by atoms with Gasteiger partial charge >= 0.3 is 0 Å². The lowest BCUT2D eigenvalue weighted by Crippen LogP contribution is -2.40. The monoisotopic (exact) mass is 536 g/mol. The minimum Gasteiger partial charge on any atom is -0.440 e. The zero-order valence-corrected chi connectivity index (χ0v) is 21.7. The number of halogens is 1. The molecule has 198 valence electrons. The van der Waals surface area contributed by atoms with Gasteiger partial charge in [0.1, 0.15) is 23.8 Å². The number of hydrogen-bond donors (Lipinski definition) is 1. The molecule has 2 fully saturated rings. The summed E-state index contributed by atoms with van der Waals surface area (Å²) in [5.41, 5.74) is 3.00. The highest BCUT2D eigenvalue weighted by Crippen LogP contribution is 2.44. The van der Waals surface area contributed by atoms with Crippen LogP contribution in [0.5, 0.6) is 0 Å². The standard InChI is InChI=1S/C28H29FN4O4S/c29-21-9-5-20(6-10-21)28-32-25(19-7-11-22(12-8-19)33-15-17-38(35,36)18-16-33)26(37-28)23-3-1-2-4-24(23)27(34)31-14-13-30/h5-12,23-24H,1-4,14-18H2,(H,31,34)/t23-,24-/m1/s1. The molecule has 1 saturated carbocycles. The Balaban J connectivity index is 1.50. The zero-order valence-electron chi connectivity index (χ0n) is 20.9. The van der Waals surface area contributed by atoms with Gasteiger partial charge in [0.25, 0.3) is 0 Å². The fraction of sp³-hybridized carbons (Fsp3) is 0.393. The van der Waals surface area contributed by atoms with Crippen LogP contribution in [-0.4, -0.2) is 50.4 Å². The normalized spacial score (nSPS) is 21.0. The summed E-state index contributed by atoms with van der Waals surface area (Å²) in [6, 6.07) is 15.6. The molecule has 1 aliphatic carbocycles. The Morgan fingerprint density at radius 1 is 1.05 bits per heavy atom. The van der Waals surface area contributed by atoms with E-state index in [1.54, 1.807) is 12.1 Å². The van der Waals surface area contributed by atoms with E-state index in [1.165, 1.54) is 12.1 Å². The smallest absolute Gasteiger partial charge is 0.226 e. The van der Waals surface area contributed by atoms with Gasteiger partial charge in [-0.2, -0.15) is 5.26 Å². The molecule has 38 heavy (non-hydrogen) atoms. The number of nitrogens with one attached hydrogen (secondary N) is 1. The van der Waals surface area contributed by atoms with Gasteiger partial charge in [0.2, 0.25) is 11.8 Å². The molecule has 2 aromatic carbocycles. The van der Waals surface area contributed by atoms with E-state index < -0.39 is 9.84 Å². The first-order valence-corrected chi connectivity index (χ1v) is 14.6. The van der Waals surface area contributed by atoms with E-state index >= 15 is 0 Å². The van der Waals surface area contributed by atoms with Crippen molar-refractivity contribution in [2.45, 2.75) is 31.6 Å². The lowest BCUT2D eigenvalue weighted by molar-refractivity contribution is -0.126. The molecule has 1 aliphatic heterocycles. The second kappa shape index (κ2) is 11.0. The summed E-state index contributed by atoms with van der Waals surface area (Å²) in [4.78, 5) is 19.8. The molecule has 1 saturated heterocycles. The van der Waals surface area contributed by atoms with Gasteiger partial charge in [0.15, 0.2) is 9.84 Å². The molecule has 0 bridgehead atoms. The largest absolute Gasteiger partial charge is 0.440 e. The van der Waals surface area contributed by atoms with Crippen LogP contribution < -0.4 is 10.2 Å². The van der Waals surface area contributed by atoms with Gasteiger partial charge in [-0.15, -0.1) is 0 Å². The van der Waals surface area contributed by atoms with E-state index in [4.69, 9.17) is 14.7 Å². The molecule has 2 heterocycles. The number of rotatable bonds is 6. The van der Waals surface area contributed by atoms with E-state index in [0.29, 0.717) is 42.4 Å². The number of benzene rings is 2. The number of nitrogens with zero attached hydrogens (tertiary/aromatic N) is 3. The fourth-order valence-electron chi connectivity index (χ4n) is 5.32. The van der Waals surface area contributed by atoms with Crippen LogP contribution in [-0.2, 0) is 14.6 Å². The molecule has 3 aromatic rings. The number of carbonyl (C=O) groups is 1. The maximum atomic E-state index is 13.6. The Morgan fingerprint density at radius 2 is 1.71 bits per heavy atom. The quantitative estimate of drug-likeness (QED) is 0.467. The summed E-state index contributed by atoms with van der Waals surface area (Å²) >= 11 is 0. The van der Waals surface area contributed by atoms with Crippen LogP contribution in [0.3, 0.4) is 0 Å². The first kappa shape index (κ1) is 25.9. The van der Waals surface area contributed by atoms with Crippen molar-refractivity contribution in [3.8, 4) is 28.8 Å². The third-order valence-electron chi connectivity index (χ3n) is 7.38. The summed E-state index contributed by atoms with van der Waals surface area (Å²) in [7, 11) is -2.98. The average Bonchev–Trinajstić information content (AvgIpc) is 3.37. The topological polar surface area (TPSA) is 116 Å². The van der Waals surface area contributed by atoms with Gasteiger partial charge < -0.3 is 14.6 Å². The van der Waals surface area contributed by atoms with Crippen LogP contribution in [0.25, 0.3) is 22.7 Å². The Morgan fingerprint density at radius 3 is 2.39 bits per heavy atom. The number of sulfone groups is 1. The molecule has 0 spiro atoms. The Bertz CT molecular complexity index is 1430. The van der Waals surface area contributed by atoms with E-state index in [0.717, 1.165) is 30.5 Å². The van der Waals surface area contributed by atoms with Crippen LogP contribution in [0.1, 0.15) is 37.4 Å². The second-order valence-electron chi connectivity index (χ2n) is 9.80. The number of anilines is 1. The van der Waals surface area contributed by atoms with Crippen LogP contribution >= 0.6 is 0 Å². The highest BCUT2D eigenvalue weighted by atomic mass is 32.2. The molecule has 2 atom stereocenters. The van der Waals surface area contributed by atoms with E-state index in [2.05, 4.69) is 10.2 Å². The Kier molecular flexibility index (Phi) is 7.47. The lowest BCUT2D eigenvalue weighted by atomic mass is 9.76. The molecule has 0 unspecified atom stereocenters. The van der Waals surface area contributed by atoms with Gasteiger partial charge in [0.05, 0.1) is 17.6 Å². The summed E-state index contributed by atoms with van der Waals surface area (Å²) in [6.07, 6.45) is 3.28. The SMILES string of the molecule is N#CCNC(=O)[C@@H]1CCCC[C@H]1c1oc(-c2ccc(F)cc2)nc1-c1ccc(N2CCS(=O)(=O)CC2)cc1. The molecular formula is C28H29FN4O4S. The zero-order chi connectivity index (χ0) is 26.7. The van der Waals surface area contributed by atoms with E-state index in [1.807, 2.05) is 30.3 Å². The Hall–Kier alpha value is -3.71. The van der Waals surface area contributed by atoms with Crippen molar-refractivity contribution in [1.82, 2.24) is 10.3 Å². The van der Waals surface area contributed by atoms with Crippen molar-refractivity contribution in [3.05, 3.63) is 60.1 Å². The van der Waals surface area contributed by atoms with Gasteiger partial charge in [0, 0.05) is 41.7 Å². The minimum absolute atomic E-state index is 0.0502. The van der Waals surface area contributed by atoms with Crippen molar-refractivity contribution in [1.29, 1.82) is 5.26 Å². The van der Waals surface area contributed by atoms with Crippen LogP contribution in [0, 0.1) is 23.1 Å². The second-order valence-corrected chi connectivity index (χ2v) is 12.1. The molecule has 0 radical (unpaired) electrons. The van der Waals surface area contributed by atoms with Gasteiger partial charge in [-0.1, -0.05) is 25.0 Å². The third-order valence-corrected chi connectivity index (χ3v) is 8.99. The van der Waals surface area contributed by atoms with Crippen molar-refractivity contribution < 1.29 is 22.0 Å². The predicted molar refractivity (Wildman–Crippen MR) is 142 cm³/mol. The molecule has 10 heteroatoms. The molecule has 5 rings (SSSR count). The first-order chi connectivity index (χ1) is 18.3. The number of amides is 1. The number of carbonyl (C=O) groups excluding carboxylic acids is 1. The molecular weight excluding hydrogens is 507 g/mol. The fourth-order valence-corrected chi connectivity index (χ4v) is 6.52. The average molecular weight is 537 g/mol. The molecule has 1 amide bonds.